The molecular weight excluding hydrogens is 857 g/mol. The summed E-state index contributed by atoms with van der Waals surface area (Å²) < 4.78 is 0. The number of benzene rings is 7. The van der Waals surface area contributed by atoms with Gasteiger partial charge in [-0.2, -0.15) is 0 Å². The van der Waals surface area contributed by atoms with Gasteiger partial charge in [-0.05, 0) is 198 Å². The molecule has 7 aromatic carbocycles. The molecule has 0 saturated carbocycles. The molecule has 0 fully saturated rings. The monoisotopic (exact) mass is 929 g/mol. The lowest BCUT2D eigenvalue weighted by Gasteiger charge is -2.37. The molecule has 0 amide bonds. The maximum absolute atomic E-state index is 2.61. The molecule has 0 heterocycles. The average molecular weight is 929 g/mol. The maximum atomic E-state index is 2.61. The highest BCUT2D eigenvalue weighted by atomic mass is 15.2. The summed E-state index contributed by atoms with van der Waals surface area (Å²) in [7, 11) is 0. The molecule has 7 aromatic rings. The van der Waals surface area contributed by atoms with Crippen LogP contribution < -0.4 is 9.80 Å². The second-order valence-corrected chi connectivity index (χ2v) is 22.4. The fourth-order valence-corrected chi connectivity index (χ4v) is 12.1. The van der Waals surface area contributed by atoms with Crippen molar-refractivity contribution in [3.63, 3.8) is 0 Å². The number of rotatable bonds is 18. The molecule has 2 heteroatoms. The van der Waals surface area contributed by atoms with Gasteiger partial charge in [-0.25, -0.2) is 0 Å². The van der Waals surface area contributed by atoms with Gasteiger partial charge >= 0.3 is 0 Å². The third-order valence-corrected chi connectivity index (χ3v) is 17.1. The van der Waals surface area contributed by atoms with Crippen LogP contribution in [-0.4, -0.2) is 0 Å². The summed E-state index contributed by atoms with van der Waals surface area (Å²) in [4.78, 5) is 4.97. The topological polar surface area (TPSA) is 6.48 Å². The average Bonchev–Trinajstić information content (AvgIpc) is 3.45. The first kappa shape index (κ1) is 46.7. The van der Waals surface area contributed by atoms with E-state index >= 15 is 0 Å². The molecule has 1 atom stereocenters. The van der Waals surface area contributed by atoms with E-state index in [0.717, 1.165) is 25.7 Å². The smallest absolute Gasteiger partial charge is 0.0465 e. The van der Waals surface area contributed by atoms with Crippen LogP contribution >= 0.6 is 0 Å². The minimum absolute atomic E-state index is 0.0682. The van der Waals surface area contributed by atoms with E-state index in [4.69, 9.17) is 0 Å². The molecule has 0 spiro atoms. The number of anilines is 5. The number of nitrogens with zero attached hydrogens (tertiary/aromatic N) is 2. The van der Waals surface area contributed by atoms with Crippen molar-refractivity contribution in [3.8, 4) is 11.1 Å². The van der Waals surface area contributed by atoms with E-state index in [1.807, 2.05) is 0 Å². The van der Waals surface area contributed by atoms with Gasteiger partial charge in [-0.3, -0.25) is 0 Å². The Labute approximate surface area is 425 Å². The summed E-state index contributed by atoms with van der Waals surface area (Å²) in [5, 5.41) is 0. The van der Waals surface area contributed by atoms with Crippen molar-refractivity contribution in [2.45, 2.75) is 123 Å². The molecule has 0 aromatic heterocycles. The van der Waals surface area contributed by atoms with Crippen molar-refractivity contribution in [1.29, 1.82) is 0 Å². The molecule has 4 aliphatic rings. The van der Waals surface area contributed by atoms with Crippen LogP contribution in [0.25, 0.3) is 11.1 Å². The molecule has 0 aliphatic heterocycles. The van der Waals surface area contributed by atoms with Crippen LogP contribution in [0.3, 0.4) is 0 Å². The molecule has 1 unspecified atom stereocenters. The zero-order valence-electron chi connectivity index (χ0n) is 42.8. The number of allylic oxidation sites excluding steroid dienone is 5. The highest BCUT2D eigenvalue weighted by molar-refractivity contribution is 5.88. The second-order valence-electron chi connectivity index (χ2n) is 22.4. The van der Waals surface area contributed by atoms with Gasteiger partial charge in [0.05, 0.1) is 0 Å². The predicted molar refractivity (Wildman–Crippen MR) is 302 cm³/mol. The zero-order chi connectivity index (χ0) is 48.4. The minimum Gasteiger partial charge on any atom is -0.311 e. The Morgan fingerprint density at radius 2 is 0.901 bits per heavy atom. The van der Waals surface area contributed by atoms with Crippen LogP contribution in [-0.2, 0) is 43.9 Å². The van der Waals surface area contributed by atoms with Crippen LogP contribution in [0.5, 0.6) is 0 Å². The van der Waals surface area contributed by atoms with Gasteiger partial charge in [0.25, 0.3) is 0 Å². The van der Waals surface area contributed by atoms with E-state index in [9.17, 15) is 0 Å². The number of aryl methyl sites for hydroxylation is 6. The van der Waals surface area contributed by atoms with Crippen LogP contribution in [0.15, 0.2) is 200 Å². The summed E-state index contributed by atoms with van der Waals surface area (Å²) in [6.45, 7) is 9.41. The van der Waals surface area contributed by atoms with Crippen molar-refractivity contribution in [2.75, 3.05) is 9.80 Å². The molecule has 4 aliphatic carbocycles. The van der Waals surface area contributed by atoms with E-state index in [2.05, 4.69) is 232 Å². The molecule has 0 bridgehead atoms. The van der Waals surface area contributed by atoms with Gasteiger partial charge < -0.3 is 9.80 Å². The Balaban J connectivity index is 1.00. The second kappa shape index (κ2) is 19.9. The van der Waals surface area contributed by atoms with Gasteiger partial charge in [-0.1, -0.05) is 175 Å². The molecule has 71 heavy (non-hydrogen) atoms. The summed E-state index contributed by atoms with van der Waals surface area (Å²) in [5.41, 5.74) is 22.0. The summed E-state index contributed by atoms with van der Waals surface area (Å²) in [6, 6.07) is 62.5. The Morgan fingerprint density at radius 1 is 0.437 bits per heavy atom. The van der Waals surface area contributed by atoms with Gasteiger partial charge in [0, 0.05) is 45.0 Å². The number of fused-ring (bicyclic) bond motifs is 5. The highest BCUT2D eigenvalue weighted by Gasteiger charge is 2.43. The molecule has 2 nitrogen and oxygen atoms in total. The number of unbranched alkanes of at least 4 members (excludes halogenated alkanes) is 4. The molecule has 0 N–H and O–H groups in total. The van der Waals surface area contributed by atoms with Crippen LogP contribution in [0.1, 0.15) is 124 Å². The minimum atomic E-state index is -0.165. The van der Waals surface area contributed by atoms with E-state index in [0.29, 0.717) is 0 Å². The first-order valence-electron chi connectivity index (χ1n) is 27.0. The fraction of sp³-hybridized carbons (Fsp3) is 0.304. The van der Waals surface area contributed by atoms with Gasteiger partial charge in [0.1, 0.15) is 0 Å². The number of hydrogen-bond acceptors (Lipinski definition) is 2. The van der Waals surface area contributed by atoms with Crippen LogP contribution in [0.2, 0.25) is 0 Å². The van der Waals surface area contributed by atoms with E-state index in [-0.39, 0.29) is 16.2 Å². The number of hydrogen-bond donors (Lipinski definition) is 0. The standard InChI is InChI=1S/C69H72N2/c1-67(2,3)68(4)43-20-29-60(42-46-68)71(59-27-16-7-17-28-59)62-39-41-64-63-40-38-61(70(57-23-12-5-13-24-57)58-25-14-6-15-26-58)49-65(63)69(66(64)50-62,44-18-8-10-21-51-30-32-53-34-36-55(53)47-51)45-19-9-11-22-52-31-33-54-35-37-56(54)48-52/h5-7,12-17,20,23-33,38-43,46-50H,8-11,18-19,21-22,34-37,44-45H2,1-4H3. The van der Waals surface area contributed by atoms with Crippen molar-refractivity contribution >= 4 is 28.4 Å². The van der Waals surface area contributed by atoms with Crippen molar-refractivity contribution < 1.29 is 0 Å². The summed E-state index contributed by atoms with van der Waals surface area (Å²) in [6.07, 6.45) is 28.6. The Bertz CT molecular complexity index is 2990. The van der Waals surface area contributed by atoms with Crippen molar-refractivity contribution in [3.05, 3.63) is 244 Å². The van der Waals surface area contributed by atoms with Gasteiger partial charge in [0.2, 0.25) is 0 Å². The molecular formula is C69H72N2. The Morgan fingerprint density at radius 3 is 1.35 bits per heavy atom. The lowest BCUT2D eigenvalue weighted by Crippen LogP contribution is -2.28. The molecule has 358 valence electrons. The van der Waals surface area contributed by atoms with Gasteiger partial charge in [-0.15, -0.1) is 0 Å². The van der Waals surface area contributed by atoms with Crippen molar-refractivity contribution in [2.24, 2.45) is 10.8 Å². The third-order valence-electron chi connectivity index (χ3n) is 17.1. The lowest BCUT2D eigenvalue weighted by molar-refractivity contribution is 0.228. The summed E-state index contributed by atoms with van der Waals surface area (Å²) >= 11 is 0. The Kier molecular flexibility index (Phi) is 13.1. The first-order valence-corrected chi connectivity index (χ1v) is 27.0. The number of para-hydroxylation sites is 3. The summed E-state index contributed by atoms with van der Waals surface area (Å²) in [5.74, 6) is 0. The first-order chi connectivity index (χ1) is 34.7. The van der Waals surface area contributed by atoms with Crippen LogP contribution in [0.4, 0.5) is 28.4 Å². The molecule has 0 saturated heterocycles. The van der Waals surface area contributed by atoms with Crippen molar-refractivity contribution in [1.82, 2.24) is 0 Å². The largest absolute Gasteiger partial charge is 0.311 e. The zero-order valence-corrected chi connectivity index (χ0v) is 42.8. The third kappa shape index (κ3) is 9.39. The van der Waals surface area contributed by atoms with E-state index < -0.39 is 0 Å². The quantitative estimate of drug-likeness (QED) is 0.0791. The lowest BCUT2D eigenvalue weighted by atomic mass is 9.68. The SMILES string of the molecule is CC(C)(C)C1(C)C=CC=C(N(c2ccccc2)c2ccc3c(c2)C(CCCCCc2ccc4c(c2)CC4)(CCCCCc2ccc4c(c2)CC4)c2cc(N(c4ccccc4)c4ccccc4)ccc2-3)C=C1. The van der Waals surface area contributed by atoms with Crippen LogP contribution in [0, 0.1) is 10.8 Å². The fourth-order valence-electron chi connectivity index (χ4n) is 12.1. The molecule has 0 radical (unpaired) electrons. The maximum Gasteiger partial charge on any atom is 0.0465 e. The van der Waals surface area contributed by atoms with Gasteiger partial charge in [0.15, 0.2) is 0 Å². The Hall–Kier alpha value is -6.64. The molecule has 11 rings (SSSR count). The predicted octanol–water partition coefficient (Wildman–Crippen LogP) is 18.4. The van der Waals surface area contributed by atoms with E-state index in [1.165, 1.54) is 132 Å². The normalized spacial score (nSPS) is 16.9. The highest BCUT2D eigenvalue weighted by Crippen LogP contribution is 2.57. The van der Waals surface area contributed by atoms with E-state index in [1.54, 1.807) is 22.3 Å².